The molecule has 136 valence electrons. The number of hydrogen-bond acceptors (Lipinski definition) is 4. The largest absolute Gasteiger partial charge is 0.483 e. The Hall–Kier alpha value is -3.35. The molecule has 2 aromatic carbocycles. The first-order valence-corrected chi connectivity index (χ1v) is 8.05. The SMILES string of the molecule is Cc1ccc(C(N)=O)c(OCC(=O)N(CCC(N)=O)c2ccccc2)c1. The first kappa shape index (κ1) is 19.0. The Morgan fingerprint density at radius 3 is 2.35 bits per heavy atom. The van der Waals surface area contributed by atoms with Gasteiger partial charge in [-0.05, 0) is 36.8 Å². The summed E-state index contributed by atoms with van der Waals surface area (Å²) in [6.07, 6.45) is 0.0254. The fraction of sp³-hybridized carbons (Fsp3) is 0.211. The lowest BCUT2D eigenvalue weighted by atomic mass is 10.1. The van der Waals surface area contributed by atoms with E-state index in [0.717, 1.165) is 5.56 Å². The van der Waals surface area contributed by atoms with Crippen LogP contribution in [-0.2, 0) is 9.59 Å². The number of nitrogens with zero attached hydrogens (tertiary/aromatic N) is 1. The third-order valence-electron chi connectivity index (χ3n) is 3.70. The molecule has 7 nitrogen and oxygen atoms in total. The lowest BCUT2D eigenvalue weighted by molar-refractivity contribution is -0.120. The highest BCUT2D eigenvalue weighted by Gasteiger charge is 2.18. The average molecular weight is 355 g/mol. The first-order valence-electron chi connectivity index (χ1n) is 8.05. The fourth-order valence-electron chi connectivity index (χ4n) is 2.40. The molecule has 2 aromatic rings. The van der Waals surface area contributed by atoms with Crippen molar-refractivity contribution in [3.8, 4) is 5.75 Å². The number of carbonyl (C=O) groups excluding carboxylic acids is 3. The number of ether oxygens (including phenoxy) is 1. The molecule has 0 aliphatic rings. The van der Waals surface area contributed by atoms with E-state index in [-0.39, 0.29) is 36.8 Å². The number of nitrogens with two attached hydrogens (primary N) is 2. The van der Waals surface area contributed by atoms with Gasteiger partial charge in [-0.3, -0.25) is 14.4 Å². The highest BCUT2D eigenvalue weighted by molar-refractivity contribution is 5.97. The molecule has 0 spiro atoms. The van der Waals surface area contributed by atoms with Crippen LogP contribution in [0.3, 0.4) is 0 Å². The minimum atomic E-state index is -0.638. The summed E-state index contributed by atoms with van der Waals surface area (Å²) in [5.41, 5.74) is 12.2. The molecule has 0 aliphatic carbocycles. The number of benzene rings is 2. The van der Waals surface area contributed by atoms with Crippen molar-refractivity contribution in [3.05, 3.63) is 59.7 Å². The Balaban J connectivity index is 2.16. The molecule has 0 fully saturated rings. The predicted molar refractivity (Wildman–Crippen MR) is 97.8 cm³/mol. The monoisotopic (exact) mass is 355 g/mol. The molecule has 0 heterocycles. The van der Waals surface area contributed by atoms with E-state index in [1.165, 1.54) is 4.90 Å². The molecule has 0 unspecified atom stereocenters. The van der Waals surface area contributed by atoms with E-state index in [1.807, 2.05) is 13.0 Å². The summed E-state index contributed by atoms with van der Waals surface area (Å²) in [6, 6.07) is 13.8. The van der Waals surface area contributed by atoms with Gasteiger partial charge in [0.2, 0.25) is 5.91 Å². The minimum absolute atomic E-state index is 0.0254. The van der Waals surface area contributed by atoms with E-state index in [0.29, 0.717) is 5.69 Å². The van der Waals surface area contributed by atoms with E-state index in [1.54, 1.807) is 42.5 Å². The number of rotatable bonds is 8. The van der Waals surface area contributed by atoms with Crippen LogP contribution in [0.2, 0.25) is 0 Å². The van der Waals surface area contributed by atoms with Gasteiger partial charge in [-0.1, -0.05) is 24.3 Å². The van der Waals surface area contributed by atoms with Crippen LogP contribution in [-0.4, -0.2) is 30.9 Å². The second-order valence-corrected chi connectivity index (χ2v) is 5.75. The van der Waals surface area contributed by atoms with Gasteiger partial charge in [-0.15, -0.1) is 0 Å². The molecular formula is C19H21N3O4. The van der Waals surface area contributed by atoms with Crippen molar-refractivity contribution >= 4 is 23.4 Å². The highest BCUT2D eigenvalue weighted by Crippen LogP contribution is 2.21. The van der Waals surface area contributed by atoms with Gasteiger partial charge < -0.3 is 21.1 Å². The predicted octanol–water partition coefficient (Wildman–Crippen LogP) is 1.38. The molecule has 0 aromatic heterocycles. The van der Waals surface area contributed by atoms with Crippen LogP contribution in [0.5, 0.6) is 5.75 Å². The summed E-state index contributed by atoms with van der Waals surface area (Å²) in [7, 11) is 0. The van der Waals surface area contributed by atoms with Gasteiger partial charge >= 0.3 is 0 Å². The summed E-state index contributed by atoms with van der Waals surface area (Å²) in [5.74, 6) is -1.27. The van der Waals surface area contributed by atoms with E-state index in [4.69, 9.17) is 16.2 Å². The van der Waals surface area contributed by atoms with Crippen molar-refractivity contribution in [2.24, 2.45) is 11.5 Å². The van der Waals surface area contributed by atoms with Gasteiger partial charge in [0.1, 0.15) is 5.75 Å². The summed E-state index contributed by atoms with van der Waals surface area (Å²) in [6.45, 7) is 1.66. The molecule has 0 saturated heterocycles. The zero-order valence-corrected chi connectivity index (χ0v) is 14.5. The standard InChI is InChI=1S/C19H21N3O4/c1-13-7-8-15(19(21)25)16(11-13)26-12-18(24)22(10-9-17(20)23)14-5-3-2-4-6-14/h2-8,11H,9-10,12H2,1H3,(H2,20,23)(H2,21,25). The molecule has 0 radical (unpaired) electrons. The van der Waals surface area contributed by atoms with Crippen molar-refractivity contribution in [1.82, 2.24) is 0 Å². The van der Waals surface area contributed by atoms with Crippen LogP contribution in [0.25, 0.3) is 0 Å². The van der Waals surface area contributed by atoms with Crippen molar-refractivity contribution in [2.75, 3.05) is 18.1 Å². The van der Waals surface area contributed by atoms with Gasteiger partial charge in [0, 0.05) is 18.7 Å². The molecule has 26 heavy (non-hydrogen) atoms. The first-order chi connectivity index (χ1) is 12.4. The summed E-state index contributed by atoms with van der Waals surface area (Å²) in [4.78, 5) is 36.7. The molecule has 7 heteroatoms. The van der Waals surface area contributed by atoms with Crippen molar-refractivity contribution in [3.63, 3.8) is 0 Å². The van der Waals surface area contributed by atoms with Crippen molar-refractivity contribution in [2.45, 2.75) is 13.3 Å². The Kier molecular flexibility index (Phi) is 6.32. The highest BCUT2D eigenvalue weighted by atomic mass is 16.5. The number of hydrogen-bond donors (Lipinski definition) is 2. The van der Waals surface area contributed by atoms with Crippen LogP contribution < -0.4 is 21.1 Å². The smallest absolute Gasteiger partial charge is 0.264 e. The number of amides is 3. The lowest BCUT2D eigenvalue weighted by Crippen LogP contribution is -2.37. The van der Waals surface area contributed by atoms with Crippen molar-refractivity contribution in [1.29, 1.82) is 0 Å². The number of anilines is 1. The quantitative estimate of drug-likeness (QED) is 0.744. The van der Waals surface area contributed by atoms with Crippen LogP contribution in [0.15, 0.2) is 48.5 Å². The van der Waals surface area contributed by atoms with Gasteiger partial charge in [0.05, 0.1) is 5.56 Å². The molecule has 0 saturated carbocycles. The Morgan fingerprint density at radius 2 is 1.73 bits per heavy atom. The average Bonchev–Trinajstić information content (AvgIpc) is 2.60. The second kappa shape index (κ2) is 8.66. The van der Waals surface area contributed by atoms with E-state index >= 15 is 0 Å². The van der Waals surface area contributed by atoms with Crippen LogP contribution in [0.1, 0.15) is 22.3 Å². The van der Waals surface area contributed by atoms with Crippen LogP contribution in [0.4, 0.5) is 5.69 Å². The number of primary amides is 2. The second-order valence-electron chi connectivity index (χ2n) is 5.75. The Morgan fingerprint density at radius 1 is 1.04 bits per heavy atom. The number of para-hydroxylation sites is 1. The maximum absolute atomic E-state index is 12.6. The number of aryl methyl sites for hydroxylation is 1. The Labute approximate surface area is 151 Å². The molecule has 0 aliphatic heterocycles. The van der Waals surface area contributed by atoms with Gasteiger partial charge in [-0.25, -0.2) is 0 Å². The molecule has 0 bridgehead atoms. The summed E-state index contributed by atoms with van der Waals surface area (Å²) < 4.78 is 5.54. The van der Waals surface area contributed by atoms with Gasteiger partial charge in [-0.2, -0.15) is 0 Å². The molecular weight excluding hydrogens is 334 g/mol. The lowest BCUT2D eigenvalue weighted by Gasteiger charge is -2.22. The molecule has 0 atom stereocenters. The molecule has 3 amide bonds. The minimum Gasteiger partial charge on any atom is -0.483 e. The third kappa shape index (κ3) is 5.07. The Bertz CT molecular complexity index is 806. The summed E-state index contributed by atoms with van der Waals surface area (Å²) in [5, 5.41) is 0. The third-order valence-corrected chi connectivity index (χ3v) is 3.70. The fourth-order valence-corrected chi connectivity index (χ4v) is 2.40. The normalized spacial score (nSPS) is 10.2. The topological polar surface area (TPSA) is 116 Å². The maximum Gasteiger partial charge on any atom is 0.264 e. The van der Waals surface area contributed by atoms with E-state index in [2.05, 4.69) is 0 Å². The maximum atomic E-state index is 12.6. The van der Waals surface area contributed by atoms with Crippen LogP contribution in [0, 0.1) is 6.92 Å². The summed E-state index contributed by atoms with van der Waals surface area (Å²) >= 11 is 0. The zero-order chi connectivity index (χ0) is 19.1. The van der Waals surface area contributed by atoms with Gasteiger partial charge in [0.15, 0.2) is 6.61 Å². The van der Waals surface area contributed by atoms with Crippen LogP contribution >= 0.6 is 0 Å². The van der Waals surface area contributed by atoms with E-state index < -0.39 is 11.8 Å². The van der Waals surface area contributed by atoms with Crippen molar-refractivity contribution < 1.29 is 19.1 Å². The zero-order valence-electron chi connectivity index (χ0n) is 14.5. The van der Waals surface area contributed by atoms with Gasteiger partial charge in [0.25, 0.3) is 11.8 Å². The van der Waals surface area contributed by atoms with E-state index in [9.17, 15) is 14.4 Å². The molecule has 2 rings (SSSR count). The molecule has 4 N–H and O–H groups in total. The number of carbonyl (C=O) groups is 3.